The van der Waals surface area contributed by atoms with Crippen molar-refractivity contribution in [2.45, 2.75) is 44.6 Å². The van der Waals surface area contributed by atoms with Crippen molar-refractivity contribution in [2.24, 2.45) is 0 Å². The van der Waals surface area contributed by atoms with Gasteiger partial charge >= 0.3 is 0 Å². The van der Waals surface area contributed by atoms with Crippen LogP contribution >= 0.6 is 11.6 Å². The van der Waals surface area contributed by atoms with E-state index in [9.17, 15) is 14.7 Å². The highest BCUT2D eigenvalue weighted by Crippen LogP contribution is 2.27. The Hall–Kier alpha value is -2.01. The monoisotopic (exact) mass is 347 g/mol. The Morgan fingerprint density at radius 1 is 1.29 bits per heavy atom. The molecule has 3 rings (SSSR count). The number of H-pyrrole nitrogens is 1. The Kier molecular flexibility index (Phi) is 4.81. The lowest BCUT2D eigenvalue weighted by Gasteiger charge is -2.31. The summed E-state index contributed by atoms with van der Waals surface area (Å²) in [6, 6.07) is 5.32. The number of aromatic amines is 1. The molecule has 0 unspecified atom stereocenters. The van der Waals surface area contributed by atoms with E-state index in [1.54, 1.807) is 30.1 Å². The summed E-state index contributed by atoms with van der Waals surface area (Å²) in [5.41, 5.74) is 1.04. The Morgan fingerprint density at radius 2 is 2.00 bits per heavy atom. The number of carbonyl (C=O) groups excluding carboxylic acids is 2. The number of hydrogen-bond acceptors (Lipinski definition) is 3. The predicted octanol–water partition coefficient (Wildman–Crippen LogP) is 2.52. The fourth-order valence-electron chi connectivity index (χ4n) is 3.53. The number of aromatic nitrogens is 1. The Labute approximate surface area is 145 Å². The van der Waals surface area contributed by atoms with Crippen molar-refractivity contribution in [3.8, 4) is 0 Å². The average Bonchev–Trinajstić information content (AvgIpc) is 2.93. The van der Waals surface area contributed by atoms with Gasteiger partial charge < -0.3 is 19.8 Å². The maximum absolute atomic E-state index is 12.7. The van der Waals surface area contributed by atoms with Crippen LogP contribution in [0.25, 0.3) is 10.9 Å². The number of amides is 1. The third kappa shape index (κ3) is 3.26. The highest BCUT2D eigenvalue weighted by Gasteiger charge is 2.24. The van der Waals surface area contributed by atoms with Gasteiger partial charge in [-0.05, 0) is 36.6 Å². The van der Waals surface area contributed by atoms with Crippen LogP contribution in [0, 0.1) is 0 Å². The van der Waals surface area contributed by atoms with Gasteiger partial charge in [-0.25, -0.2) is 0 Å². The van der Waals surface area contributed by atoms with E-state index in [1.807, 2.05) is 0 Å². The molecule has 0 bridgehead atoms. The fourth-order valence-corrected chi connectivity index (χ4v) is 3.70. The topological polar surface area (TPSA) is 76.2 Å². The van der Waals surface area contributed by atoms with Crippen LogP contribution in [0.5, 0.6) is 0 Å². The second kappa shape index (κ2) is 6.85. The molecule has 1 N–H and O–H groups in total. The number of carboxylic acids is 1. The zero-order valence-electron chi connectivity index (χ0n) is 13.6. The second-order valence-electron chi connectivity index (χ2n) is 6.43. The van der Waals surface area contributed by atoms with Crippen molar-refractivity contribution in [1.82, 2.24) is 9.88 Å². The summed E-state index contributed by atoms with van der Waals surface area (Å²) in [6.45, 7) is 0. The molecule has 1 amide bonds. The molecule has 0 radical (unpaired) electrons. The first kappa shape index (κ1) is 16.8. The van der Waals surface area contributed by atoms with Gasteiger partial charge in [-0.2, -0.15) is 0 Å². The van der Waals surface area contributed by atoms with E-state index in [-0.39, 0.29) is 24.1 Å². The third-order valence-corrected chi connectivity index (χ3v) is 5.15. The van der Waals surface area contributed by atoms with Crippen LogP contribution < -0.4 is 5.11 Å². The molecule has 6 heteroatoms. The minimum atomic E-state index is -1.31. The smallest absolute Gasteiger partial charge is 0.227 e. The Bertz CT molecular complexity index is 778. The van der Waals surface area contributed by atoms with Crippen LogP contribution in [0.2, 0.25) is 5.02 Å². The summed E-state index contributed by atoms with van der Waals surface area (Å²) in [5.74, 6) is -1.39. The van der Waals surface area contributed by atoms with E-state index in [4.69, 9.17) is 11.6 Å². The van der Waals surface area contributed by atoms with E-state index < -0.39 is 5.97 Å². The van der Waals surface area contributed by atoms with Gasteiger partial charge in [-0.15, -0.1) is 0 Å². The molecule has 1 heterocycles. The maximum atomic E-state index is 12.7. The number of halogens is 1. The van der Waals surface area contributed by atoms with Gasteiger partial charge in [0.15, 0.2) is 0 Å². The van der Waals surface area contributed by atoms with E-state index in [2.05, 4.69) is 4.98 Å². The third-order valence-electron chi connectivity index (χ3n) is 4.92. The number of carbonyl (C=O) groups is 2. The molecular weight excluding hydrogens is 328 g/mol. The number of nitrogens with one attached hydrogen (secondary N) is 1. The second-order valence-corrected chi connectivity index (χ2v) is 6.87. The molecule has 1 aromatic carbocycles. The van der Waals surface area contributed by atoms with Crippen LogP contribution in [0.15, 0.2) is 18.2 Å². The molecule has 1 saturated carbocycles. The summed E-state index contributed by atoms with van der Waals surface area (Å²) in [7, 11) is 1.80. The maximum Gasteiger partial charge on any atom is 0.227 e. The molecule has 5 nitrogen and oxygen atoms in total. The number of rotatable bonds is 4. The zero-order valence-corrected chi connectivity index (χ0v) is 14.4. The van der Waals surface area contributed by atoms with Crippen molar-refractivity contribution < 1.29 is 14.7 Å². The van der Waals surface area contributed by atoms with Crippen molar-refractivity contribution in [3.05, 3.63) is 34.5 Å². The van der Waals surface area contributed by atoms with E-state index in [1.165, 1.54) is 6.42 Å². The SMILES string of the molecule is CN(C(=O)Cc1c(C(=O)[O-])[nH]c2ccc(Cl)cc12)C1CCCCC1. The van der Waals surface area contributed by atoms with E-state index in [0.717, 1.165) is 25.7 Å². The minimum absolute atomic E-state index is 0.0245. The van der Waals surface area contributed by atoms with Gasteiger partial charge in [0.25, 0.3) is 0 Å². The van der Waals surface area contributed by atoms with Crippen molar-refractivity contribution in [2.75, 3.05) is 7.05 Å². The normalized spacial score (nSPS) is 15.6. The van der Waals surface area contributed by atoms with Crippen LogP contribution in [-0.2, 0) is 11.2 Å². The van der Waals surface area contributed by atoms with Crippen molar-refractivity contribution >= 4 is 34.4 Å². The predicted molar refractivity (Wildman–Crippen MR) is 91.0 cm³/mol. The van der Waals surface area contributed by atoms with Crippen LogP contribution in [-0.4, -0.2) is 34.8 Å². The number of hydrogen-bond donors (Lipinski definition) is 1. The van der Waals surface area contributed by atoms with E-state index in [0.29, 0.717) is 21.5 Å². The summed E-state index contributed by atoms with van der Waals surface area (Å²) < 4.78 is 0. The first-order valence-corrected chi connectivity index (χ1v) is 8.62. The molecular formula is C18H20ClN2O3-. The number of aromatic carboxylic acids is 1. The molecule has 2 aromatic rings. The molecule has 1 aliphatic rings. The van der Waals surface area contributed by atoms with Crippen molar-refractivity contribution in [1.29, 1.82) is 0 Å². The standard InChI is InChI=1S/C18H21ClN2O3/c1-21(12-5-3-2-4-6-12)16(22)10-14-13-9-11(19)7-8-15(13)20-17(14)18(23)24/h7-9,12,20H,2-6,10H2,1H3,(H,23,24)/p-1. The number of nitrogens with zero attached hydrogens (tertiary/aromatic N) is 1. The lowest BCUT2D eigenvalue weighted by Crippen LogP contribution is -2.39. The van der Waals surface area contributed by atoms with Crippen LogP contribution in [0.1, 0.15) is 48.2 Å². The van der Waals surface area contributed by atoms with E-state index >= 15 is 0 Å². The highest BCUT2D eigenvalue weighted by atomic mass is 35.5. The largest absolute Gasteiger partial charge is 0.543 e. The lowest BCUT2D eigenvalue weighted by atomic mass is 9.94. The first-order chi connectivity index (χ1) is 11.5. The minimum Gasteiger partial charge on any atom is -0.543 e. The summed E-state index contributed by atoms with van der Waals surface area (Å²) in [4.78, 5) is 28.7. The summed E-state index contributed by atoms with van der Waals surface area (Å²) in [5, 5.41) is 12.6. The molecule has 0 aliphatic heterocycles. The van der Waals surface area contributed by atoms with Crippen LogP contribution in [0.4, 0.5) is 0 Å². The average molecular weight is 348 g/mol. The molecule has 128 valence electrons. The Balaban J connectivity index is 1.90. The van der Waals surface area contributed by atoms with Gasteiger partial charge in [0.1, 0.15) is 0 Å². The molecule has 24 heavy (non-hydrogen) atoms. The van der Waals surface area contributed by atoms with Gasteiger partial charge in [0, 0.05) is 29.0 Å². The Morgan fingerprint density at radius 3 is 2.67 bits per heavy atom. The van der Waals surface area contributed by atoms with Gasteiger partial charge in [-0.3, -0.25) is 4.79 Å². The van der Waals surface area contributed by atoms with Gasteiger partial charge in [0.2, 0.25) is 5.91 Å². The molecule has 0 spiro atoms. The van der Waals surface area contributed by atoms with Crippen molar-refractivity contribution in [3.63, 3.8) is 0 Å². The molecule has 1 aromatic heterocycles. The lowest BCUT2D eigenvalue weighted by molar-refractivity contribution is -0.255. The number of fused-ring (bicyclic) bond motifs is 1. The molecule has 1 aliphatic carbocycles. The number of benzene rings is 1. The highest BCUT2D eigenvalue weighted by molar-refractivity contribution is 6.31. The fraction of sp³-hybridized carbons (Fsp3) is 0.444. The molecule has 1 fully saturated rings. The molecule has 0 saturated heterocycles. The van der Waals surface area contributed by atoms with Gasteiger partial charge in [0.05, 0.1) is 18.1 Å². The number of carboxylic acid groups (broad SMARTS) is 1. The van der Waals surface area contributed by atoms with Crippen LogP contribution in [0.3, 0.4) is 0 Å². The summed E-state index contributed by atoms with van der Waals surface area (Å²) in [6.07, 6.45) is 5.53. The first-order valence-electron chi connectivity index (χ1n) is 8.24. The molecule has 0 atom stereocenters. The quantitative estimate of drug-likeness (QED) is 0.923. The zero-order chi connectivity index (χ0) is 17.3. The summed E-state index contributed by atoms with van der Waals surface area (Å²) >= 11 is 6.03. The van der Waals surface area contributed by atoms with Gasteiger partial charge in [-0.1, -0.05) is 30.9 Å². The number of likely N-dealkylation sites (N-methyl/N-ethyl adjacent to an activating group) is 1.